The predicted octanol–water partition coefficient (Wildman–Crippen LogP) is 1.24. The fourth-order valence-electron chi connectivity index (χ4n) is 1.20. The highest BCUT2D eigenvalue weighted by Crippen LogP contribution is 2.41. The summed E-state index contributed by atoms with van der Waals surface area (Å²) in [7, 11) is 3.95. The zero-order chi connectivity index (χ0) is 7.78. The molecule has 10 heavy (non-hydrogen) atoms. The summed E-state index contributed by atoms with van der Waals surface area (Å²) < 4.78 is 0. The molecule has 0 aromatic rings. The van der Waals surface area contributed by atoms with Gasteiger partial charge in [-0.1, -0.05) is 0 Å². The molecule has 1 fully saturated rings. The van der Waals surface area contributed by atoms with Crippen LogP contribution in [0.1, 0.15) is 19.8 Å². The first-order chi connectivity index (χ1) is 4.61. The Balaban J connectivity index is 2.68. The van der Waals surface area contributed by atoms with Gasteiger partial charge in [-0.25, -0.2) is 0 Å². The molecule has 2 nitrogen and oxygen atoms in total. The molecule has 0 bridgehead atoms. The van der Waals surface area contributed by atoms with Crippen LogP contribution in [0, 0.1) is 17.2 Å². The number of nitrogens with zero attached hydrogens (tertiary/aromatic N) is 2. The quantitative estimate of drug-likeness (QED) is 0.574. The Kier molecular flexibility index (Phi) is 1.70. The van der Waals surface area contributed by atoms with Gasteiger partial charge in [0.1, 0.15) is 5.54 Å². The highest BCUT2D eigenvalue weighted by atomic mass is 15.1. The summed E-state index contributed by atoms with van der Waals surface area (Å²) in [6, 6.07) is 2.37. The lowest BCUT2D eigenvalue weighted by molar-refractivity contribution is 0.208. The van der Waals surface area contributed by atoms with Gasteiger partial charge in [0.05, 0.1) is 6.07 Å². The van der Waals surface area contributed by atoms with Crippen molar-refractivity contribution in [2.45, 2.75) is 25.3 Å². The molecule has 1 aliphatic carbocycles. The van der Waals surface area contributed by atoms with Crippen LogP contribution >= 0.6 is 0 Å². The Labute approximate surface area is 62.4 Å². The summed E-state index contributed by atoms with van der Waals surface area (Å²) >= 11 is 0. The summed E-state index contributed by atoms with van der Waals surface area (Å²) in [5.74, 6) is 0.618. The average Bonchev–Trinajstić information content (AvgIpc) is 2.67. The third kappa shape index (κ3) is 1.02. The topological polar surface area (TPSA) is 27.0 Å². The maximum atomic E-state index is 8.87. The molecule has 0 saturated heterocycles. The Morgan fingerprint density at radius 2 is 2.00 bits per heavy atom. The van der Waals surface area contributed by atoms with E-state index in [1.807, 2.05) is 25.9 Å². The van der Waals surface area contributed by atoms with E-state index in [1.54, 1.807) is 0 Å². The molecule has 0 radical (unpaired) electrons. The van der Waals surface area contributed by atoms with E-state index in [4.69, 9.17) is 5.26 Å². The summed E-state index contributed by atoms with van der Waals surface area (Å²) in [5, 5.41) is 8.87. The molecule has 0 heterocycles. The first-order valence-electron chi connectivity index (χ1n) is 3.70. The smallest absolute Gasteiger partial charge is 0.108 e. The van der Waals surface area contributed by atoms with Crippen LogP contribution in [0.3, 0.4) is 0 Å². The monoisotopic (exact) mass is 138 g/mol. The van der Waals surface area contributed by atoms with Gasteiger partial charge in [-0.3, -0.25) is 4.90 Å². The van der Waals surface area contributed by atoms with Crippen LogP contribution in [0.2, 0.25) is 0 Å². The third-order valence-electron chi connectivity index (χ3n) is 2.53. The van der Waals surface area contributed by atoms with E-state index in [0.29, 0.717) is 5.92 Å². The molecule has 2 heteroatoms. The fourth-order valence-corrected chi connectivity index (χ4v) is 1.20. The van der Waals surface area contributed by atoms with Crippen molar-refractivity contribution >= 4 is 0 Å². The molecule has 1 atom stereocenters. The molecule has 56 valence electrons. The van der Waals surface area contributed by atoms with E-state index in [2.05, 4.69) is 6.07 Å². The van der Waals surface area contributed by atoms with E-state index in [0.717, 1.165) is 0 Å². The molecule has 1 saturated carbocycles. The van der Waals surface area contributed by atoms with Crippen molar-refractivity contribution in [1.29, 1.82) is 5.26 Å². The molecular formula is C8H14N2. The van der Waals surface area contributed by atoms with Gasteiger partial charge in [0, 0.05) is 0 Å². The van der Waals surface area contributed by atoms with Gasteiger partial charge in [-0.2, -0.15) is 5.26 Å². The summed E-state index contributed by atoms with van der Waals surface area (Å²) in [6.07, 6.45) is 2.45. The maximum absolute atomic E-state index is 8.87. The number of hydrogen-bond donors (Lipinski definition) is 0. The summed E-state index contributed by atoms with van der Waals surface area (Å²) in [6.45, 7) is 2.02. The van der Waals surface area contributed by atoms with E-state index >= 15 is 0 Å². The second-order valence-corrected chi connectivity index (χ2v) is 3.43. The molecule has 1 unspecified atom stereocenters. The van der Waals surface area contributed by atoms with Crippen LogP contribution in [0.5, 0.6) is 0 Å². The van der Waals surface area contributed by atoms with Crippen LogP contribution in [-0.4, -0.2) is 24.5 Å². The largest absolute Gasteiger partial charge is 0.292 e. The molecule has 0 aromatic heterocycles. The van der Waals surface area contributed by atoms with Gasteiger partial charge in [0.2, 0.25) is 0 Å². The van der Waals surface area contributed by atoms with Crippen LogP contribution in [0.25, 0.3) is 0 Å². The lowest BCUT2D eigenvalue weighted by Gasteiger charge is -2.29. The maximum Gasteiger partial charge on any atom is 0.108 e. The third-order valence-corrected chi connectivity index (χ3v) is 2.53. The Bertz CT molecular complexity index is 161. The van der Waals surface area contributed by atoms with Crippen molar-refractivity contribution in [2.75, 3.05) is 14.1 Å². The minimum atomic E-state index is -0.208. The first kappa shape index (κ1) is 7.56. The fraction of sp³-hybridized carbons (Fsp3) is 0.875. The molecule has 0 aliphatic heterocycles. The molecule has 0 amide bonds. The van der Waals surface area contributed by atoms with Gasteiger partial charge < -0.3 is 0 Å². The number of hydrogen-bond acceptors (Lipinski definition) is 2. The van der Waals surface area contributed by atoms with Crippen molar-refractivity contribution in [3.05, 3.63) is 0 Å². The summed E-state index contributed by atoms with van der Waals surface area (Å²) in [4.78, 5) is 2.02. The number of rotatable bonds is 2. The normalized spacial score (nSPS) is 23.9. The average molecular weight is 138 g/mol. The SMILES string of the molecule is CN(C)C(C)(C#N)C1CC1. The standard InChI is InChI=1S/C8H14N2/c1-8(6-9,10(2)3)7-4-5-7/h7H,4-5H2,1-3H3. The van der Waals surface area contributed by atoms with E-state index < -0.39 is 0 Å². The van der Waals surface area contributed by atoms with Gasteiger partial charge >= 0.3 is 0 Å². The van der Waals surface area contributed by atoms with Crippen molar-refractivity contribution in [3.8, 4) is 6.07 Å². The van der Waals surface area contributed by atoms with Crippen molar-refractivity contribution in [2.24, 2.45) is 5.92 Å². The first-order valence-corrected chi connectivity index (χ1v) is 3.70. The van der Waals surface area contributed by atoms with Crippen LogP contribution in [0.15, 0.2) is 0 Å². The molecule has 1 rings (SSSR count). The zero-order valence-electron chi connectivity index (χ0n) is 6.89. The molecule has 0 spiro atoms. The summed E-state index contributed by atoms with van der Waals surface area (Å²) in [5.41, 5.74) is -0.208. The van der Waals surface area contributed by atoms with E-state index in [-0.39, 0.29) is 5.54 Å². The van der Waals surface area contributed by atoms with Gasteiger partial charge in [-0.15, -0.1) is 0 Å². The van der Waals surface area contributed by atoms with Crippen molar-refractivity contribution in [3.63, 3.8) is 0 Å². The van der Waals surface area contributed by atoms with Crippen LogP contribution < -0.4 is 0 Å². The molecular weight excluding hydrogens is 124 g/mol. The Morgan fingerprint density at radius 1 is 1.50 bits per heavy atom. The van der Waals surface area contributed by atoms with E-state index in [1.165, 1.54) is 12.8 Å². The van der Waals surface area contributed by atoms with Crippen LogP contribution in [0.4, 0.5) is 0 Å². The van der Waals surface area contributed by atoms with Gasteiger partial charge in [0.15, 0.2) is 0 Å². The lowest BCUT2D eigenvalue weighted by Crippen LogP contribution is -2.41. The molecule has 0 aromatic carbocycles. The Hall–Kier alpha value is -0.550. The van der Waals surface area contributed by atoms with Crippen molar-refractivity contribution in [1.82, 2.24) is 4.90 Å². The van der Waals surface area contributed by atoms with E-state index in [9.17, 15) is 0 Å². The predicted molar refractivity (Wildman–Crippen MR) is 40.4 cm³/mol. The van der Waals surface area contributed by atoms with Crippen molar-refractivity contribution < 1.29 is 0 Å². The minimum absolute atomic E-state index is 0.208. The molecule has 0 N–H and O–H groups in total. The highest BCUT2D eigenvalue weighted by molar-refractivity contribution is 5.12. The van der Waals surface area contributed by atoms with Gasteiger partial charge in [-0.05, 0) is 39.8 Å². The number of nitriles is 1. The second-order valence-electron chi connectivity index (χ2n) is 3.43. The second kappa shape index (κ2) is 2.25. The van der Waals surface area contributed by atoms with Crippen LogP contribution in [-0.2, 0) is 0 Å². The lowest BCUT2D eigenvalue weighted by atomic mass is 9.97. The highest BCUT2D eigenvalue weighted by Gasteiger charge is 2.43. The zero-order valence-corrected chi connectivity index (χ0v) is 6.89. The minimum Gasteiger partial charge on any atom is -0.292 e. The molecule has 1 aliphatic rings. The Morgan fingerprint density at radius 3 is 2.10 bits per heavy atom. The van der Waals surface area contributed by atoms with Gasteiger partial charge in [0.25, 0.3) is 0 Å².